The van der Waals surface area contributed by atoms with Crippen LogP contribution in [0.3, 0.4) is 0 Å². The molecular weight excluding hydrogens is 366 g/mol. The molecule has 0 aliphatic heterocycles. The second kappa shape index (κ2) is 9.50. The quantitative estimate of drug-likeness (QED) is 0.386. The first-order chi connectivity index (χ1) is 14.1. The van der Waals surface area contributed by atoms with Gasteiger partial charge in [-0.1, -0.05) is 60.2 Å². The number of rotatable bonds is 6. The van der Waals surface area contributed by atoms with Gasteiger partial charge in [-0.15, -0.1) is 0 Å². The van der Waals surface area contributed by atoms with Crippen molar-refractivity contribution in [3.8, 4) is 5.75 Å². The van der Waals surface area contributed by atoms with E-state index in [2.05, 4.69) is 15.8 Å². The molecule has 0 radical (unpaired) electrons. The van der Waals surface area contributed by atoms with E-state index in [1.54, 1.807) is 0 Å². The largest absolute Gasteiger partial charge is 0.493 e. The summed E-state index contributed by atoms with van der Waals surface area (Å²) in [7, 11) is 0. The molecule has 0 aliphatic rings. The summed E-state index contributed by atoms with van der Waals surface area (Å²) in [5.41, 5.74) is 5.06. The first-order valence-electron chi connectivity index (χ1n) is 9.40. The molecule has 0 bridgehead atoms. The van der Waals surface area contributed by atoms with Crippen LogP contribution in [0.15, 0.2) is 65.8 Å². The predicted molar refractivity (Wildman–Crippen MR) is 114 cm³/mol. The Kier molecular flexibility index (Phi) is 6.58. The van der Waals surface area contributed by atoms with E-state index in [0.29, 0.717) is 12.4 Å². The van der Waals surface area contributed by atoms with Crippen LogP contribution in [0.2, 0.25) is 0 Å². The van der Waals surface area contributed by atoms with E-state index in [4.69, 9.17) is 4.74 Å². The Bertz CT molecular complexity index is 1040. The molecule has 0 saturated carbocycles. The number of amides is 2. The molecule has 0 aromatic heterocycles. The lowest BCUT2D eigenvalue weighted by molar-refractivity contribution is -0.139. The smallest absolute Gasteiger partial charge is 0.329 e. The van der Waals surface area contributed by atoms with Crippen molar-refractivity contribution in [2.24, 2.45) is 5.10 Å². The van der Waals surface area contributed by atoms with Gasteiger partial charge in [-0.25, -0.2) is 5.43 Å². The van der Waals surface area contributed by atoms with Gasteiger partial charge in [0.05, 0.1) is 12.8 Å². The molecule has 0 unspecified atom stereocenters. The van der Waals surface area contributed by atoms with Crippen molar-refractivity contribution in [2.45, 2.75) is 20.4 Å². The van der Waals surface area contributed by atoms with Gasteiger partial charge in [0.15, 0.2) is 0 Å². The zero-order chi connectivity index (χ0) is 20.6. The molecular formula is C23H23N3O3. The topological polar surface area (TPSA) is 79.8 Å². The van der Waals surface area contributed by atoms with Crippen LogP contribution in [0.4, 0.5) is 0 Å². The van der Waals surface area contributed by atoms with Crippen LogP contribution in [-0.4, -0.2) is 24.6 Å². The number of carbonyl (C=O) groups is 2. The molecule has 0 atom stereocenters. The minimum absolute atomic E-state index is 0.272. The van der Waals surface area contributed by atoms with Crippen LogP contribution in [0.5, 0.6) is 5.75 Å². The Morgan fingerprint density at radius 2 is 1.76 bits per heavy atom. The third-order valence-electron chi connectivity index (χ3n) is 4.37. The summed E-state index contributed by atoms with van der Waals surface area (Å²) in [5, 5.41) is 8.51. The molecule has 3 rings (SSSR count). The van der Waals surface area contributed by atoms with E-state index >= 15 is 0 Å². The lowest BCUT2D eigenvalue weighted by Crippen LogP contribution is -2.37. The van der Waals surface area contributed by atoms with Gasteiger partial charge in [-0.3, -0.25) is 9.59 Å². The molecule has 2 amide bonds. The second-order valence-corrected chi connectivity index (χ2v) is 6.50. The average molecular weight is 389 g/mol. The molecule has 0 fully saturated rings. The number of hydrazone groups is 1. The standard InChI is InChI=1S/C23H23N3O3/c1-3-29-21-13-12-18-6-4-5-7-19(18)20(21)15-25-26-23(28)22(27)24-14-17-10-8-16(2)9-11-17/h4-13,15H,3,14H2,1-2H3,(H,24,27)(H,26,28)/b25-15-. The molecule has 6 nitrogen and oxygen atoms in total. The Hall–Kier alpha value is -3.67. The number of carbonyl (C=O) groups excluding carboxylic acids is 2. The highest BCUT2D eigenvalue weighted by molar-refractivity contribution is 6.35. The van der Waals surface area contributed by atoms with Gasteiger partial charge in [0, 0.05) is 12.1 Å². The average Bonchev–Trinajstić information content (AvgIpc) is 2.74. The number of nitrogens with zero attached hydrogens (tertiary/aromatic N) is 1. The summed E-state index contributed by atoms with van der Waals surface area (Å²) in [6, 6.07) is 19.4. The fourth-order valence-corrected chi connectivity index (χ4v) is 2.86. The Labute approximate surface area is 169 Å². The molecule has 29 heavy (non-hydrogen) atoms. The van der Waals surface area contributed by atoms with Crippen molar-refractivity contribution in [1.29, 1.82) is 0 Å². The monoisotopic (exact) mass is 389 g/mol. The van der Waals surface area contributed by atoms with Crippen molar-refractivity contribution >= 4 is 28.8 Å². The highest BCUT2D eigenvalue weighted by Gasteiger charge is 2.12. The van der Waals surface area contributed by atoms with E-state index in [1.807, 2.05) is 74.5 Å². The van der Waals surface area contributed by atoms with Gasteiger partial charge in [-0.2, -0.15) is 5.10 Å². The zero-order valence-corrected chi connectivity index (χ0v) is 16.4. The van der Waals surface area contributed by atoms with Gasteiger partial charge in [-0.05, 0) is 36.2 Å². The van der Waals surface area contributed by atoms with E-state index in [-0.39, 0.29) is 6.54 Å². The normalized spacial score (nSPS) is 10.8. The van der Waals surface area contributed by atoms with Gasteiger partial charge in [0.1, 0.15) is 5.75 Å². The maximum absolute atomic E-state index is 12.0. The summed E-state index contributed by atoms with van der Waals surface area (Å²) >= 11 is 0. The molecule has 0 spiro atoms. The fourth-order valence-electron chi connectivity index (χ4n) is 2.86. The fraction of sp³-hybridized carbons (Fsp3) is 0.174. The third kappa shape index (κ3) is 5.19. The Morgan fingerprint density at radius 3 is 2.52 bits per heavy atom. The lowest BCUT2D eigenvalue weighted by Gasteiger charge is -2.10. The molecule has 0 saturated heterocycles. The van der Waals surface area contributed by atoms with Crippen molar-refractivity contribution in [3.05, 3.63) is 77.4 Å². The van der Waals surface area contributed by atoms with Crippen molar-refractivity contribution < 1.29 is 14.3 Å². The SMILES string of the molecule is CCOc1ccc2ccccc2c1/C=N\NC(=O)C(=O)NCc1ccc(C)cc1. The molecule has 0 aliphatic carbocycles. The summed E-state index contributed by atoms with van der Waals surface area (Å²) in [6.45, 7) is 4.66. The zero-order valence-electron chi connectivity index (χ0n) is 16.4. The summed E-state index contributed by atoms with van der Waals surface area (Å²) < 4.78 is 5.66. The minimum Gasteiger partial charge on any atom is -0.493 e. The first kappa shape index (κ1) is 20.1. The summed E-state index contributed by atoms with van der Waals surface area (Å²) in [6.07, 6.45) is 1.50. The Balaban J connectivity index is 1.65. The highest BCUT2D eigenvalue weighted by atomic mass is 16.5. The van der Waals surface area contributed by atoms with Crippen molar-refractivity contribution in [3.63, 3.8) is 0 Å². The van der Waals surface area contributed by atoms with Crippen molar-refractivity contribution in [1.82, 2.24) is 10.7 Å². The van der Waals surface area contributed by atoms with Crippen LogP contribution < -0.4 is 15.5 Å². The number of hydrogen-bond acceptors (Lipinski definition) is 4. The molecule has 148 valence electrons. The first-order valence-corrected chi connectivity index (χ1v) is 9.40. The number of aryl methyl sites for hydroxylation is 1. The van der Waals surface area contributed by atoms with Crippen LogP contribution in [0, 0.1) is 6.92 Å². The van der Waals surface area contributed by atoms with E-state index in [1.165, 1.54) is 6.21 Å². The van der Waals surface area contributed by atoms with Crippen LogP contribution in [0.25, 0.3) is 10.8 Å². The number of fused-ring (bicyclic) bond motifs is 1. The van der Waals surface area contributed by atoms with Crippen LogP contribution in [0.1, 0.15) is 23.6 Å². The highest BCUT2D eigenvalue weighted by Crippen LogP contribution is 2.26. The van der Waals surface area contributed by atoms with Gasteiger partial charge < -0.3 is 10.1 Å². The van der Waals surface area contributed by atoms with Crippen LogP contribution >= 0.6 is 0 Å². The molecule has 3 aromatic carbocycles. The van der Waals surface area contributed by atoms with Crippen LogP contribution in [-0.2, 0) is 16.1 Å². The second-order valence-electron chi connectivity index (χ2n) is 6.50. The van der Waals surface area contributed by atoms with E-state index in [9.17, 15) is 9.59 Å². The number of nitrogens with one attached hydrogen (secondary N) is 2. The van der Waals surface area contributed by atoms with Gasteiger partial charge >= 0.3 is 11.8 Å². The Morgan fingerprint density at radius 1 is 1.00 bits per heavy atom. The van der Waals surface area contributed by atoms with E-state index < -0.39 is 11.8 Å². The summed E-state index contributed by atoms with van der Waals surface area (Å²) in [5.74, 6) is -0.912. The molecule has 3 aromatic rings. The predicted octanol–water partition coefficient (Wildman–Crippen LogP) is 3.31. The summed E-state index contributed by atoms with van der Waals surface area (Å²) in [4.78, 5) is 24.0. The van der Waals surface area contributed by atoms with Crippen molar-refractivity contribution in [2.75, 3.05) is 6.61 Å². The maximum atomic E-state index is 12.0. The molecule has 2 N–H and O–H groups in total. The van der Waals surface area contributed by atoms with E-state index in [0.717, 1.165) is 27.5 Å². The molecule has 0 heterocycles. The number of hydrogen-bond donors (Lipinski definition) is 2. The minimum atomic E-state index is -0.827. The maximum Gasteiger partial charge on any atom is 0.329 e. The van der Waals surface area contributed by atoms with Gasteiger partial charge in [0.25, 0.3) is 0 Å². The molecule has 6 heteroatoms. The number of benzene rings is 3. The third-order valence-corrected chi connectivity index (χ3v) is 4.37. The van der Waals surface area contributed by atoms with Gasteiger partial charge in [0.2, 0.25) is 0 Å². The lowest BCUT2D eigenvalue weighted by atomic mass is 10.0. The number of ether oxygens (including phenoxy) is 1.